The van der Waals surface area contributed by atoms with Crippen LogP contribution in [0.2, 0.25) is 0 Å². The van der Waals surface area contributed by atoms with Crippen molar-refractivity contribution in [1.82, 2.24) is 0 Å². The molecule has 0 aromatic rings. The number of carbonyl (C=O) groups is 3. The van der Waals surface area contributed by atoms with E-state index >= 15 is 0 Å². The number of ketones is 2. The van der Waals surface area contributed by atoms with Gasteiger partial charge in [-0.1, -0.05) is 22.0 Å². The van der Waals surface area contributed by atoms with E-state index in [4.69, 9.17) is 4.74 Å². The first-order chi connectivity index (χ1) is 8.52. The van der Waals surface area contributed by atoms with Crippen molar-refractivity contribution in [3.63, 3.8) is 0 Å². The summed E-state index contributed by atoms with van der Waals surface area (Å²) in [6.45, 7) is 0.288. The second-order valence-electron chi connectivity index (χ2n) is 4.68. The van der Waals surface area contributed by atoms with E-state index in [2.05, 4.69) is 38.5 Å². The molecule has 4 bridgehead atoms. The number of halogens is 2. The molecule has 0 N–H and O–H groups in total. The van der Waals surface area contributed by atoms with Gasteiger partial charge in [-0.15, -0.1) is 0 Å². The summed E-state index contributed by atoms with van der Waals surface area (Å²) in [6, 6.07) is 0. The predicted molar refractivity (Wildman–Crippen MR) is 74.1 cm³/mol. The Kier molecular flexibility index (Phi) is 2.78. The molecule has 3 aliphatic carbocycles. The minimum atomic E-state index is -1.30. The maximum atomic E-state index is 12.3. The maximum absolute atomic E-state index is 12.3. The Bertz CT molecular complexity index is 538. The van der Waals surface area contributed by atoms with Crippen LogP contribution in [-0.4, -0.2) is 23.6 Å². The van der Waals surface area contributed by atoms with Crippen molar-refractivity contribution in [2.45, 2.75) is 12.0 Å². The van der Waals surface area contributed by atoms with E-state index in [1.807, 2.05) is 6.08 Å². The number of rotatable bonds is 2. The van der Waals surface area contributed by atoms with Gasteiger partial charge in [0.05, 0.1) is 5.92 Å². The molecule has 18 heavy (non-hydrogen) atoms. The van der Waals surface area contributed by atoms with E-state index in [0.717, 1.165) is 3.58 Å². The zero-order valence-corrected chi connectivity index (χ0v) is 12.8. The lowest BCUT2D eigenvalue weighted by molar-refractivity contribution is -0.166. The molecule has 0 radical (unpaired) electrons. The van der Waals surface area contributed by atoms with Gasteiger partial charge in [0, 0.05) is 22.7 Å². The number of ether oxygens (including phenoxy) is 1. The fourth-order valence-corrected chi connectivity index (χ4v) is 4.95. The number of Topliss-reactive ketones (excluding diaryl/α,β-unsaturated/α-hetero) is 1. The summed E-state index contributed by atoms with van der Waals surface area (Å²) in [6.07, 6.45) is 3.69. The maximum Gasteiger partial charge on any atom is 0.294 e. The Morgan fingerprint density at radius 3 is 2.89 bits per heavy atom. The van der Waals surface area contributed by atoms with Gasteiger partial charge < -0.3 is 4.74 Å². The fourth-order valence-electron chi connectivity index (χ4n) is 3.28. The van der Waals surface area contributed by atoms with Gasteiger partial charge in [0.2, 0.25) is 5.78 Å². The van der Waals surface area contributed by atoms with Gasteiger partial charge in [-0.3, -0.25) is 14.4 Å². The van der Waals surface area contributed by atoms with Gasteiger partial charge in [0.1, 0.15) is 5.78 Å². The second-order valence-corrected chi connectivity index (χ2v) is 6.84. The van der Waals surface area contributed by atoms with Crippen molar-refractivity contribution < 1.29 is 19.1 Å². The van der Waals surface area contributed by atoms with Crippen molar-refractivity contribution in [3.8, 4) is 0 Å². The third-order valence-corrected chi connectivity index (χ3v) is 5.85. The summed E-state index contributed by atoms with van der Waals surface area (Å²) < 4.78 is 6.77. The highest BCUT2D eigenvalue weighted by molar-refractivity contribution is 14.1. The van der Waals surface area contributed by atoms with Crippen molar-refractivity contribution in [1.29, 1.82) is 0 Å². The molecule has 0 heterocycles. The minimum absolute atomic E-state index is 0.00633. The van der Waals surface area contributed by atoms with E-state index < -0.39 is 11.5 Å². The van der Waals surface area contributed by atoms with Crippen LogP contribution in [0.5, 0.6) is 0 Å². The first kappa shape index (κ1) is 12.5. The molecule has 0 spiro atoms. The second kappa shape index (κ2) is 4.00. The molecule has 0 amide bonds. The van der Waals surface area contributed by atoms with Crippen LogP contribution in [0.1, 0.15) is 6.42 Å². The number of hydrogen-bond acceptors (Lipinski definition) is 4. The molecule has 0 unspecified atom stereocenters. The molecule has 4 nitrogen and oxygen atoms in total. The summed E-state index contributed by atoms with van der Waals surface area (Å²) in [7, 11) is 0. The third-order valence-electron chi connectivity index (χ3n) is 3.98. The zero-order chi connectivity index (χ0) is 13.1. The summed E-state index contributed by atoms with van der Waals surface area (Å²) in [5.41, 5.74) is -1.30. The van der Waals surface area contributed by atoms with Crippen LogP contribution in [0.15, 0.2) is 20.2 Å². The molecular weight excluding hydrogens is 415 g/mol. The van der Waals surface area contributed by atoms with E-state index in [0.29, 0.717) is 4.48 Å². The van der Waals surface area contributed by atoms with Gasteiger partial charge in [0.15, 0.2) is 5.60 Å². The minimum Gasteiger partial charge on any atom is -0.451 e. The fraction of sp³-hybridized carbons (Fsp3) is 0.417. The van der Waals surface area contributed by atoms with Crippen LogP contribution in [-0.2, 0) is 19.1 Å². The molecule has 0 saturated heterocycles. The zero-order valence-electron chi connectivity index (χ0n) is 9.06. The van der Waals surface area contributed by atoms with Crippen LogP contribution in [0.25, 0.3) is 0 Å². The largest absolute Gasteiger partial charge is 0.451 e. The summed E-state index contributed by atoms with van der Waals surface area (Å²) in [4.78, 5) is 35.2. The summed E-state index contributed by atoms with van der Waals surface area (Å²) >= 11 is 5.47. The summed E-state index contributed by atoms with van der Waals surface area (Å²) in [5, 5.41) is 0. The van der Waals surface area contributed by atoms with Crippen molar-refractivity contribution in [2.24, 2.45) is 17.8 Å². The highest BCUT2D eigenvalue weighted by atomic mass is 127. The SMILES string of the molecule is O=CO[C@]12C(=O)C=C(Br)[C@@H]3C=C(I)[C@H]1CC(=O)[C@@H]32. The van der Waals surface area contributed by atoms with E-state index in [9.17, 15) is 14.4 Å². The Morgan fingerprint density at radius 2 is 2.22 bits per heavy atom. The Morgan fingerprint density at radius 1 is 1.50 bits per heavy atom. The van der Waals surface area contributed by atoms with E-state index in [1.54, 1.807) is 0 Å². The molecule has 94 valence electrons. The molecule has 1 fully saturated rings. The van der Waals surface area contributed by atoms with Crippen LogP contribution in [0.3, 0.4) is 0 Å². The molecule has 1 saturated carbocycles. The number of carbonyl (C=O) groups excluding carboxylic acids is 3. The van der Waals surface area contributed by atoms with Crippen LogP contribution in [0.4, 0.5) is 0 Å². The molecule has 0 aromatic heterocycles. The average Bonchev–Trinajstić information content (AvgIpc) is 2.52. The van der Waals surface area contributed by atoms with Gasteiger partial charge in [-0.2, -0.15) is 0 Å². The number of allylic oxidation sites excluding steroid dienone is 2. The molecule has 3 rings (SSSR count). The monoisotopic (exact) mass is 422 g/mol. The van der Waals surface area contributed by atoms with Gasteiger partial charge >= 0.3 is 0 Å². The van der Waals surface area contributed by atoms with Crippen LogP contribution >= 0.6 is 38.5 Å². The first-order valence-corrected chi connectivity index (χ1v) is 7.32. The summed E-state index contributed by atoms with van der Waals surface area (Å²) in [5.74, 6) is -1.38. The quantitative estimate of drug-likeness (QED) is 0.503. The molecule has 0 aliphatic heterocycles. The topological polar surface area (TPSA) is 60.4 Å². The molecule has 0 aromatic carbocycles. The van der Waals surface area contributed by atoms with Crippen LogP contribution < -0.4 is 0 Å². The first-order valence-electron chi connectivity index (χ1n) is 5.45. The Hall–Kier alpha value is -0.500. The van der Waals surface area contributed by atoms with E-state index in [1.165, 1.54) is 6.08 Å². The normalized spacial score (nSPS) is 41.3. The lowest BCUT2D eigenvalue weighted by Crippen LogP contribution is -2.56. The van der Waals surface area contributed by atoms with Gasteiger partial charge in [0.25, 0.3) is 6.47 Å². The predicted octanol–water partition coefficient (Wildman–Crippen LogP) is 1.91. The van der Waals surface area contributed by atoms with E-state index in [-0.39, 0.29) is 36.3 Å². The molecule has 6 heteroatoms. The molecule has 3 aliphatic rings. The van der Waals surface area contributed by atoms with Crippen molar-refractivity contribution in [3.05, 3.63) is 20.2 Å². The third kappa shape index (κ3) is 1.33. The highest BCUT2D eigenvalue weighted by Gasteiger charge is 2.67. The lowest BCUT2D eigenvalue weighted by atomic mass is 9.67. The molecule has 4 atom stereocenters. The van der Waals surface area contributed by atoms with Crippen molar-refractivity contribution in [2.75, 3.05) is 0 Å². The Balaban J connectivity index is 2.27. The van der Waals surface area contributed by atoms with Gasteiger partial charge in [-0.05, 0) is 32.2 Å². The number of hydrogen-bond donors (Lipinski definition) is 0. The standard InChI is InChI=1S/C12H8BrIO4/c13-7-3-10(17)12(18-4-15)6-2-9(16)11(12)5(7)1-8(6)14/h1,3-6,11H,2H2/t5-,6+,11+,12-/m0/s1. The Labute approximate surface area is 125 Å². The average molecular weight is 423 g/mol. The van der Waals surface area contributed by atoms with Crippen LogP contribution in [0, 0.1) is 17.8 Å². The van der Waals surface area contributed by atoms with Crippen molar-refractivity contribution >= 4 is 56.6 Å². The smallest absolute Gasteiger partial charge is 0.294 e. The highest BCUT2D eigenvalue weighted by Crippen LogP contribution is 2.58. The van der Waals surface area contributed by atoms with Gasteiger partial charge in [-0.25, -0.2) is 0 Å². The lowest BCUT2D eigenvalue weighted by Gasteiger charge is -2.44. The molecular formula is C12H8BrIO4.